The van der Waals surface area contributed by atoms with Gasteiger partial charge in [-0.1, -0.05) is 6.07 Å². The van der Waals surface area contributed by atoms with E-state index < -0.39 is 5.79 Å². The Morgan fingerprint density at radius 1 is 1.35 bits per heavy atom. The van der Waals surface area contributed by atoms with Gasteiger partial charge in [0.15, 0.2) is 5.79 Å². The molecule has 2 saturated heterocycles. The maximum absolute atomic E-state index is 13.1. The Bertz CT molecular complexity index is 503. The van der Waals surface area contributed by atoms with Gasteiger partial charge >= 0.3 is 6.03 Å². The summed E-state index contributed by atoms with van der Waals surface area (Å²) < 4.78 is 24.3. The number of nitrogens with zero attached hydrogens (tertiary/aromatic N) is 1. The van der Waals surface area contributed by atoms with Gasteiger partial charge in [-0.15, -0.1) is 0 Å². The normalized spacial score (nSPS) is 21.1. The number of carbonyl (C=O) groups excluding carboxylic acids is 1. The van der Waals surface area contributed by atoms with E-state index >= 15 is 0 Å². The van der Waals surface area contributed by atoms with Crippen molar-refractivity contribution in [3.63, 3.8) is 0 Å². The average molecular weight is 280 g/mol. The van der Waals surface area contributed by atoms with E-state index in [4.69, 9.17) is 9.47 Å². The molecule has 2 amide bonds. The van der Waals surface area contributed by atoms with E-state index in [0.29, 0.717) is 32.0 Å². The van der Waals surface area contributed by atoms with Crippen LogP contribution in [0.3, 0.4) is 0 Å². The summed E-state index contributed by atoms with van der Waals surface area (Å²) in [5.41, 5.74) is 0.447. The van der Waals surface area contributed by atoms with Crippen LogP contribution in [0.4, 0.5) is 14.9 Å². The third-order valence-electron chi connectivity index (χ3n) is 3.59. The molecule has 0 atom stereocenters. The lowest BCUT2D eigenvalue weighted by Gasteiger charge is -2.38. The zero-order chi connectivity index (χ0) is 14.0. The summed E-state index contributed by atoms with van der Waals surface area (Å²) in [7, 11) is 0. The number of carbonyl (C=O) groups is 1. The second-order valence-corrected chi connectivity index (χ2v) is 5.07. The summed E-state index contributed by atoms with van der Waals surface area (Å²) in [6.45, 7) is 2.20. The molecule has 0 unspecified atom stereocenters. The van der Waals surface area contributed by atoms with Gasteiger partial charge in [0.1, 0.15) is 5.82 Å². The van der Waals surface area contributed by atoms with Crippen molar-refractivity contribution in [2.24, 2.45) is 0 Å². The second-order valence-electron chi connectivity index (χ2n) is 5.07. The minimum absolute atomic E-state index is 0.256. The zero-order valence-electron chi connectivity index (χ0n) is 11.1. The van der Waals surface area contributed by atoms with Gasteiger partial charge in [0.2, 0.25) is 0 Å². The molecule has 2 heterocycles. The lowest BCUT2D eigenvalue weighted by molar-refractivity contribution is -0.182. The fourth-order valence-corrected chi connectivity index (χ4v) is 2.66. The fourth-order valence-electron chi connectivity index (χ4n) is 2.66. The molecule has 6 heteroatoms. The van der Waals surface area contributed by atoms with E-state index in [2.05, 4.69) is 5.32 Å². The summed E-state index contributed by atoms with van der Waals surface area (Å²) in [6.07, 6.45) is 1.63. The van der Waals surface area contributed by atoms with E-state index in [-0.39, 0.29) is 11.8 Å². The number of likely N-dealkylation sites (tertiary alicyclic amines) is 1. The Balaban J connectivity index is 1.65. The highest BCUT2D eigenvalue weighted by molar-refractivity contribution is 5.89. The molecule has 0 saturated carbocycles. The van der Waals surface area contributed by atoms with Gasteiger partial charge in [-0.2, -0.15) is 0 Å². The van der Waals surface area contributed by atoms with E-state index in [1.165, 1.54) is 12.1 Å². The van der Waals surface area contributed by atoms with Crippen molar-refractivity contribution in [1.82, 2.24) is 4.90 Å². The molecule has 3 rings (SSSR count). The third-order valence-corrected chi connectivity index (χ3v) is 3.59. The van der Waals surface area contributed by atoms with E-state index in [1.54, 1.807) is 17.0 Å². The van der Waals surface area contributed by atoms with Gasteiger partial charge in [0, 0.05) is 18.7 Å². The number of hydrogen-bond acceptors (Lipinski definition) is 3. The Morgan fingerprint density at radius 3 is 2.90 bits per heavy atom. The second kappa shape index (κ2) is 5.38. The highest BCUT2D eigenvalue weighted by Gasteiger charge is 2.42. The number of halogens is 1. The van der Waals surface area contributed by atoms with Crippen LogP contribution in [-0.4, -0.2) is 43.0 Å². The average Bonchev–Trinajstić information content (AvgIpc) is 2.87. The Morgan fingerprint density at radius 2 is 2.15 bits per heavy atom. The molecule has 1 N–H and O–H groups in total. The quantitative estimate of drug-likeness (QED) is 0.858. The van der Waals surface area contributed by atoms with E-state index in [1.807, 2.05) is 0 Å². The Kier molecular flexibility index (Phi) is 3.58. The number of piperidine rings is 1. The monoisotopic (exact) mass is 280 g/mol. The summed E-state index contributed by atoms with van der Waals surface area (Å²) in [6, 6.07) is 5.59. The zero-order valence-corrected chi connectivity index (χ0v) is 11.1. The molecule has 20 heavy (non-hydrogen) atoms. The Hall–Kier alpha value is -1.66. The van der Waals surface area contributed by atoms with Crippen molar-refractivity contribution >= 4 is 11.7 Å². The van der Waals surface area contributed by atoms with Crippen LogP contribution in [0.5, 0.6) is 0 Å². The SMILES string of the molecule is O=C(Nc1cccc(F)c1)N1CCCC2(C1)OCCO2. The van der Waals surface area contributed by atoms with Gasteiger partial charge in [-0.05, 0) is 24.6 Å². The van der Waals surface area contributed by atoms with Crippen molar-refractivity contribution in [1.29, 1.82) is 0 Å². The predicted octanol–water partition coefficient (Wildman–Crippen LogP) is 2.20. The molecule has 0 bridgehead atoms. The van der Waals surface area contributed by atoms with Crippen LogP contribution in [0.25, 0.3) is 0 Å². The van der Waals surface area contributed by atoms with Gasteiger partial charge in [0.05, 0.1) is 19.8 Å². The molecule has 2 aliphatic rings. The number of ether oxygens (including phenoxy) is 2. The molecule has 1 aromatic carbocycles. The van der Waals surface area contributed by atoms with Crippen LogP contribution < -0.4 is 5.32 Å². The minimum atomic E-state index is -0.641. The van der Waals surface area contributed by atoms with Gasteiger partial charge < -0.3 is 19.7 Å². The summed E-state index contributed by atoms with van der Waals surface area (Å²) in [5, 5.41) is 2.69. The van der Waals surface area contributed by atoms with Gasteiger partial charge in [-0.3, -0.25) is 0 Å². The van der Waals surface area contributed by atoms with E-state index in [0.717, 1.165) is 12.8 Å². The van der Waals surface area contributed by atoms with Crippen LogP contribution in [0.2, 0.25) is 0 Å². The van der Waals surface area contributed by atoms with Crippen LogP contribution in [0.15, 0.2) is 24.3 Å². The number of urea groups is 1. The van der Waals surface area contributed by atoms with Crippen molar-refractivity contribution in [3.8, 4) is 0 Å². The highest BCUT2D eigenvalue weighted by Crippen LogP contribution is 2.30. The summed E-state index contributed by atoms with van der Waals surface area (Å²) in [4.78, 5) is 13.9. The molecule has 2 aliphatic heterocycles. The number of benzene rings is 1. The predicted molar refractivity (Wildman–Crippen MR) is 70.9 cm³/mol. The van der Waals surface area contributed by atoms with Gasteiger partial charge in [-0.25, -0.2) is 9.18 Å². The first-order valence-electron chi connectivity index (χ1n) is 6.76. The van der Waals surface area contributed by atoms with Crippen molar-refractivity contribution in [2.75, 3.05) is 31.6 Å². The molecule has 5 nitrogen and oxygen atoms in total. The molecule has 1 spiro atoms. The maximum atomic E-state index is 13.1. The fraction of sp³-hybridized carbons (Fsp3) is 0.500. The Labute approximate surface area is 116 Å². The smallest absolute Gasteiger partial charge is 0.322 e. The first-order valence-corrected chi connectivity index (χ1v) is 6.76. The first-order chi connectivity index (χ1) is 9.67. The highest BCUT2D eigenvalue weighted by atomic mass is 19.1. The lowest BCUT2D eigenvalue weighted by atomic mass is 10.1. The number of rotatable bonds is 1. The number of amides is 2. The third kappa shape index (κ3) is 2.76. The summed E-state index contributed by atoms with van der Waals surface area (Å²) >= 11 is 0. The molecule has 108 valence electrons. The lowest BCUT2D eigenvalue weighted by Crippen LogP contribution is -2.52. The van der Waals surface area contributed by atoms with Crippen molar-refractivity contribution in [3.05, 3.63) is 30.1 Å². The van der Waals surface area contributed by atoms with Crippen molar-refractivity contribution in [2.45, 2.75) is 18.6 Å². The topological polar surface area (TPSA) is 50.8 Å². The number of nitrogens with one attached hydrogen (secondary N) is 1. The van der Waals surface area contributed by atoms with Crippen LogP contribution in [-0.2, 0) is 9.47 Å². The van der Waals surface area contributed by atoms with Crippen molar-refractivity contribution < 1.29 is 18.7 Å². The molecule has 1 aromatic rings. The standard InChI is InChI=1S/C14H17FN2O3/c15-11-3-1-4-12(9-11)16-13(18)17-6-2-5-14(10-17)19-7-8-20-14/h1,3-4,9H,2,5-8,10H2,(H,16,18). The maximum Gasteiger partial charge on any atom is 0.322 e. The molecule has 2 fully saturated rings. The molecule has 0 aromatic heterocycles. The number of hydrogen-bond donors (Lipinski definition) is 1. The molecular formula is C14H17FN2O3. The number of anilines is 1. The van der Waals surface area contributed by atoms with Crippen LogP contribution in [0.1, 0.15) is 12.8 Å². The minimum Gasteiger partial charge on any atom is -0.346 e. The summed E-state index contributed by atoms with van der Waals surface area (Å²) in [5.74, 6) is -1.02. The molecule has 0 aliphatic carbocycles. The van der Waals surface area contributed by atoms with Crippen LogP contribution in [0, 0.1) is 5.82 Å². The molecule has 0 radical (unpaired) electrons. The largest absolute Gasteiger partial charge is 0.346 e. The van der Waals surface area contributed by atoms with Crippen LogP contribution >= 0.6 is 0 Å². The van der Waals surface area contributed by atoms with E-state index in [9.17, 15) is 9.18 Å². The molecular weight excluding hydrogens is 263 g/mol. The first kappa shape index (κ1) is 13.3. The van der Waals surface area contributed by atoms with Gasteiger partial charge in [0.25, 0.3) is 0 Å².